The zero-order chi connectivity index (χ0) is 17.9. The average Bonchev–Trinajstić information content (AvgIpc) is 3.06. The van der Waals surface area contributed by atoms with E-state index in [-0.39, 0.29) is 18.3 Å². The number of nitrogens with one attached hydrogen (secondary N) is 2. The fourth-order valence-corrected chi connectivity index (χ4v) is 2.75. The molecule has 1 aliphatic heterocycles. The second-order valence-corrected chi connectivity index (χ2v) is 6.27. The number of rotatable bonds is 5. The lowest BCUT2D eigenvalue weighted by Gasteiger charge is -2.24. The van der Waals surface area contributed by atoms with Crippen LogP contribution in [0.25, 0.3) is 0 Å². The lowest BCUT2D eigenvalue weighted by atomic mass is 10.1. The molecule has 2 atom stereocenters. The summed E-state index contributed by atoms with van der Waals surface area (Å²) in [5, 5.41) is 8.51. The van der Waals surface area contributed by atoms with E-state index in [2.05, 4.69) is 10.4 Å². The van der Waals surface area contributed by atoms with E-state index in [4.69, 9.17) is 4.74 Å². The highest BCUT2D eigenvalue weighted by molar-refractivity contribution is 5.88. The molecule has 2 heterocycles. The van der Waals surface area contributed by atoms with Gasteiger partial charge in [-0.15, -0.1) is 0 Å². The summed E-state index contributed by atoms with van der Waals surface area (Å²) in [5.41, 5.74) is 0.812. The largest absolute Gasteiger partial charge is 0.408 e. The normalized spacial score (nSPS) is 19.5. The van der Waals surface area contributed by atoms with E-state index in [9.17, 15) is 18.0 Å². The number of aryl methyl sites for hydroxylation is 1. The number of carbonyl (C=O) groups excluding carboxylic acids is 1. The van der Waals surface area contributed by atoms with Crippen molar-refractivity contribution in [3.63, 3.8) is 0 Å². The van der Waals surface area contributed by atoms with Crippen LogP contribution in [-0.4, -0.2) is 40.7 Å². The predicted octanol–water partition coefficient (Wildman–Crippen LogP) is 3.39. The van der Waals surface area contributed by atoms with Crippen LogP contribution in [0.1, 0.15) is 44.8 Å². The van der Waals surface area contributed by atoms with Crippen molar-refractivity contribution in [2.45, 2.75) is 64.4 Å². The third-order valence-corrected chi connectivity index (χ3v) is 3.88. The van der Waals surface area contributed by atoms with Crippen LogP contribution in [0.4, 0.5) is 23.8 Å². The van der Waals surface area contributed by atoms with Crippen LogP contribution in [0.15, 0.2) is 6.07 Å². The van der Waals surface area contributed by atoms with Crippen molar-refractivity contribution in [2.24, 2.45) is 0 Å². The minimum absolute atomic E-state index is 0.0889. The summed E-state index contributed by atoms with van der Waals surface area (Å²) in [5.74, 6) is 0.219. The molecule has 2 rings (SSSR count). The fourth-order valence-electron chi connectivity index (χ4n) is 2.75. The molecule has 0 radical (unpaired) electrons. The Morgan fingerprint density at radius 2 is 2.21 bits per heavy atom. The lowest BCUT2D eigenvalue weighted by molar-refractivity contribution is -0.159. The van der Waals surface area contributed by atoms with Crippen molar-refractivity contribution in [1.29, 1.82) is 0 Å². The summed E-state index contributed by atoms with van der Waals surface area (Å²) in [4.78, 5) is 11.9. The number of alkyl halides is 3. The van der Waals surface area contributed by atoms with E-state index in [1.807, 2.05) is 26.1 Å². The van der Waals surface area contributed by atoms with E-state index in [1.54, 1.807) is 10.7 Å². The van der Waals surface area contributed by atoms with Crippen molar-refractivity contribution in [2.75, 3.05) is 11.9 Å². The predicted molar refractivity (Wildman–Crippen MR) is 82.9 cm³/mol. The molecule has 2 amide bonds. The first kappa shape index (κ1) is 18.6. The second kappa shape index (κ2) is 7.42. The zero-order valence-electron chi connectivity index (χ0n) is 14.0. The number of hydrogen-bond acceptors (Lipinski definition) is 3. The van der Waals surface area contributed by atoms with Crippen LogP contribution in [0.2, 0.25) is 0 Å². The van der Waals surface area contributed by atoms with E-state index >= 15 is 0 Å². The molecule has 9 heteroatoms. The number of nitrogens with zero attached hydrogens (tertiary/aromatic N) is 2. The average molecular weight is 348 g/mol. The first-order valence-electron chi connectivity index (χ1n) is 7.99. The molecule has 0 spiro atoms. The standard InChI is InChI=1S/C15H23F3N4O2/c1-9(2)22-10(3)7-13(21-22)20-14(23)19-12(15(16,17)18)8-11-5-4-6-24-11/h7,9,11-12H,4-6,8H2,1-3H3,(H2,19,20,21,23). The Bertz CT molecular complexity index is 566. The maximum Gasteiger partial charge on any atom is 0.408 e. The summed E-state index contributed by atoms with van der Waals surface area (Å²) < 4.78 is 46.3. The smallest absolute Gasteiger partial charge is 0.378 e. The van der Waals surface area contributed by atoms with Gasteiger partial charge in [0.1, 0.15) is 6.04 Å². The Hall–Kier alpha value is -1.77. The first-order valence-corrected chi connectivity index (χ1v) is 7.99. The van der Waals surface area contributed by atoms with Gasteiger partial charge in [0.05, 0.1) is 6.10 Å². The molecule has 6 nitrogen and oxygen atoms in total. The molecule has 24 heavy (non-hydrogen) atoms. The molecule has 2 N–H and O–H groups in total. The lowest BCUT2D eigenvalue weighted by Crippen LogP contribution is -2.48. The molecule has 1 aliphatic rings. The van der Waals surface area contributed by atoms with E-state index in [1.165, 1.54) is 0 Å². The summed E-state index contributed by atoms with van der Waals surface area (Å²) in [6.07, 6.45) is -3.96. The molecule has 1 aromatic rings. The highest BCUT2D eigenvalue weighted by Crippen LogP contribution is 2.27. The van der Waals surface area contributed by atoms with Crippen LogP contribution >= 0.6 is 0 Å². The molecule has 0 aromatic carbocycles. The topological polar surface area (TPSA) is 68.2 Å². The molecular formula is C15H23F3N4O2. The number of aromatic nitrogens is 2. The fraction of sp³-hybridized carbons (Fsp3) is 0.733. The minimum atomic E-state index is -4.53. The molecule has 1 saturated heterocycles. The Morgan fingerprint density at radius 1 is 1.50 bits per heavy atom. The van der Waals surface area contributed by atoms with Crippen molar-refractivity contribution in [1.82, 2.24) is 15.1 Å². The Kier molecular flexibility index (Phi) is 5.74. The highest BCUT2D eigenvalue weighted by Gasteiger charge is 2.42. The van der Waals surface area contributed by atoms with Crippen LogP contribution in [0.3, 0.4) is 0 Å². The molecule has 1 aromatic heterocycles. The number of ether oxygens (including phenoxy) is 1. The summed E-state index contributed by atoms with van der Waals surface area (Å²) in [6.45, 7) is 6.12. The van der Waals surface area contributed by atoms with Crippen molar-refractivity contribution < 1.29 is 22.7 Å². The summed E-state index contributed by atoms with van der Waals surface area (Å²) >= 11 is 0. The van der Waals surface area contributed by atoms with Crippen LogP contribution in [-0.2, 0) is 4.74 Å². The zero-order valence-corrected chi connectivity index (χ0v) is 14.0. The molecule has 0 aliphatic carbocycles. The number of urea groups is 1. The van der Waals surface area contributed by atoms with Crippen molar-refractivity contribution in [3.8, 4) is 0 Å². The molecule has 0 saturated carbocycles. The first-order chi connectivity index (χ1) is 11.2. The third kappa shape index (κ3) is 4.86. The van der Waals surface area contributed by atoms with E-state index in [0.717, 1.165) is 12.1 Å². The van der Waals surface area contributed by atoms with Gasteiger partial charge in [0.15, 0.2) is 5.82 Å². The van der Waals surface area contributed by atoms with Crippen molar-refractivity contribution in [3.05, 3.63) is 11.8 Å². The van der Waals surface area contributed by atoms with Gasteiger partial charge in [-0.1, -0.05) is 0 Å². The highest BCUT2D eigenvalue weighted by atomic mass is 19.4. The van der Waals surface area contributed by atoms with Gasteiger partial charge >= 0.3 is 12.2 Å². The van der Waals surface area contributed by atoms with E-state index in [0.29, 0.717) is 13.0 Å². The SMILES string of the molecule is Cc1cc(NC(=O)NC(CC2CCCO2)C(F)(F)F)nn1C(C)C. The molecule has 136 valence electrons. The second-order valence-electron chi connectivity index (χ2n) is 6.27. The summed E-state index contributed by atoms with van der Waals surface area (Å²) in [6, 6.07) is -1.17. The van der Waals surface area contributed by atoms with Crippen LogP contribution in [0.5, 0.6) is 0 Å². The van der Waals surface area contributed by atoms with Gasteiger partial charge in [0.2, 0.25) is 0 Å². The quantitative estimate of drug-likeness (QED) is 0.857. The molecule has 0 bridgehead atoms. The molecule has 1 fully saturated rings. The Balaban J connectivity index is 1.98. The number of halogens is 3. The third-order valence-electron chi connectivity index (χ3n) is 3.88. The molecule has 2 unspecified atom stereocenters. The van der Waals surface area contributed by atoms with E-state index < -0.39 is 24.4 Å². The van der Waals surface area contributed by atoms with Crippen molar-refractivity contribution >= 4 is 11.8 Å². The van der Waals surface area contributed by atoms with Gasteiger partial charge in [-0.05, 0) is 33.6 Å². The van der Waals surface area contributed by atoms with Gasteiger partial charge in [-0.25, -0.2) is 4.79 Å². The van der Waals surface area contributed by atoms with Gasteiger partial charge < -0.3 is 10.1 Å². The maximum absolute atomic E-state index is 13.1. The Labute approximate surface area is 138 Å². The van der Waals surface area contributed by atoms with Gasteiger partial charge in [-0.3, -0.25) is 10.00 Å². The number of amides is 2. The maximum atomic E-state index is 13.1. The van der Waals surface area contributed by atoms with Gasteiger partial charge in [0.25, 0.3) is 0 Å². The Morgan fingerprint density at radius 3 is 2.71 bits per heavy atom. The minimum Gasteiger partial charge on any atom is -0.378 e. The summed E-state index contributed by atoms with van der Waals surface area (Å²) in [7, 11) is 0. The van der Waals surface area contributed by atoms with Crippen LogP contribution in [0, 0.1) is 6.92 Å². The number of hydrogen-bond donors (Lipinski definition) is 2. The van der Waals surface area contributed by atoms with Gasteiger partial charge in [-0.2, -0.15) is 18.3 Å². The number of anilines is 1. The molecular weight excluding hydrogens is 325 g/mol. The number of carbonyl (C=O) groups is 1. The monoisotopic (exact) mass is 348 g/mol. The van der Waals surface area contributed by atoms with Gasteiger partial charge in [0, 0.05) is 30.8 Å². The van der Waals surface area contributed by atoms with Crippen LogP contribution < -0.4 is 10.6 Å².